The molecule has 1 rings (SSSR count). The van der Waals surface area contributed by atoms with E-state index in [0.717, 1.165) is 18.4 Å². The summed E-state index contributed by atoms with van der Waals surface area (Å²) in [5.41, 5.74) is 3.72. The molecule has 0 unspecified atom stereocenters. The molecule has 0 amide bonds. The third kappa shape index (κ3) is 5.73. The highest BCUT2D eigenvalue weighted by molar-refractivity contribution is 5.47. The Bertz CT molecular complexity index is 407. The molecule has 0 aliphatic carbocycles. The van der Waals surface area contributed by atoms with Crippen LogP contribution in [0.1, 0.15) is 95.2 Å². The van der Waals surface area contributed by atoms with E-state index in [-0.39, 0.29) is 0 Å². The molecule has 1 heteroatoms. The summed E-state index contributed by atoms with van der Waals surface area (Å²) in [7, 11) is 0. The van der Waals surface area contributed by atoms with Crippen LogP contribution in [0.5, 0.6) is 5.75 Å². The van der Waals surface area contributed by atoms with Crippen molar-refractivity contribution in [3.8, 4) is 5.75 Å². The van der Waals surface area contributed by atoms with Gasteiger partial charge in [-0.15, -0.1) is 0 Å². The number of hydrogen-bond acceptors (Lipinski definition) is 1. The summed E-state index contributed by atoms with van der Waals surface area (Å²) in [6.07, 6.45) is 11.0. The first-order valence-corrected chi connectivity index (χ1v) is 8.95. The summed E-state index contributed by atoms with van der Waals surface area (Å²) in [4.78, 5) is 0. The molecular weight excluding hydrogens is 256 g/mol. The normalized spacial score (nSPS) is 11.3. The first-order valence-electron chi connectivity index (χ1n) is 8.95. The Labute approximate surface area is 131 Å². The SMILES string of the molecule is CCCCCCc1ccc(C(C)C)c(O)c1CCCCC. The number of phenolic OH excluding ortho intramolecular Hbond substituents is 1. The van der Waals surface area contributed by atoms with E-state index in [9.17, 15) is 5.11 Å². The number of aryl methyl sites for hydroxylation is 1. The summed E-state index contributed by atoms with van der Waals surface area (Å²) >= 11 is 0. The third-order valence-electron chi connectivity index (χ3n) is 4.36. The zero-order valence-electron chi connectivity index (χ0n) is 14.5. The lowest BCUT2D eigenvalue weighted by atomic mass is 9.90. The van der Waals surface area contributed by atoms with Gasteiger partial charge in [0.05, 0.1) is 0 Å². The number of unbranched alkanes of at least 4 members (excludes halogenated alkanes) is 5. The quantitative estimate of drug-likeness (QED) is 0.496. The summed E-state index contributed by atoms with van der Waals surface area (Å²) < 4.78 is 0. The Kier molecular flexibility index (Phi) is 8.49. The molecule has 21 heavy (non-hydrogen) atoms. The van der Waals surface area contributed by atoms with Crippen molar-refractivity contribution in [1.29, 1.82) is 0 Å². The molecule has 1 aromatic rings. The Morgan fingerprint density at radius 3 is 2.10 bits per heavy atom. The first-order chi connectivity index (χ1) is 10.1. The highest BCUT2D eigenvalue weighted by Crippen LogP contribution is 2.33. The van der Waals surface area contributed by atoms with Gasteiger partial charge >= 0.3 is 0 Å². The van der Waals surface area contributed by atoms with Gasteiger partial charge in [0.1, 0.15) is 5.75 Å². The van der Waals surface area contributed by atoms with E-state index in [4.69, 9.17) is 0 Å². The van der Waals surface area contributed by atoms with E-state index in [0.29, 0.717) is 11.7 Å². The molecule has 0 fully saturated rings. The van der Waals surface area contributed by atoms with Crippen molar-refractivity contribution >= 4 is 0 Å². The third-order valence-corrected chi connectivity index (χ3v) is 4.36. The van der Waals surface area contributed by atoms with Gasteiger partial charge in [-0.05, 0) is 48.3 Å². The highest BCUT2D eigenvalue weighted by Gasteiger charge is 2.14. The summed E-state index contributed by atoms with van der Waals surface area (Å²) in [6.45, 7) is 8.80. The molecule has 120 valence electrons. The predicted molar refractivity (Wildman–Crippen MR) is 93.3 cm³/mol. The van der Waals surface area contributed by atoms with Gasteiger partial charge in [-0.3, -0.25) is 0 Å². The molecule has 0 bridgehead atoms. The van der Waals surface area contributed by atoms with Crippen molar-refractivity contribution in [2.24, 2.45) is 0 Å². The fourth-order valence-electron chi connectivity index (χ4n) is 2.97. The maximum absolute atomic E-state index is 10.6. The fourth-order valence-corrected chi connectivity index (χ4v) is 2.97. The van der Waals surface area contributed by atoms with E-state index in [1.807, 2.05) is 0 Å². The lowest BCUT2D eigenvalue weighted by molar-refractivity contribution is 0.454. The topological polar surface area (TPSA) is 20.2 Å². The van der Waals surface area contributed by atoms with Crippen molar-refractivity contribution in [3.05, 3.63) is 28.8 Å². The highest BCUT2D eigenvalue weighted by atomic mass is 16.3. The van der Waals surface area contributed by atoms with Gasteiger partial charge in [-0.2, -0.15) is 0 Å². The van der Waals surface area contributed by atoms with Crippen molar-refractivity contribution in [1.82, 2.24) is 0 Å². The van der Waals surface area contributed by atoms with E-state index >= 15 is 0 Å². The minimum Gasteiger partial charge on any atom is -0.507 e. The molecule has 1 nitrogen and oxygen atoms in total. The minimum atomic E-state index is 0.393. The summed E-state index contributed by atoms with van der Waals surface area (Å²) in [6, 6.07) is 4.40. The second-order valence-electron chi connectivity index (χ2n) is 6.56. The number of phenols is 1. The first kappa shape index (κ1) is 18.1. The largest absolute Gasteiger partial charge is 0.507 e. The Balaban J connectivity index is 2.85. The van der Waals surface area contributed by atoms with Crippen LogP contribution in [-0.2, 0) is 12.8 Å². The zero-order chi connectivity index (χ0) is 15.7. The van der Waals surface area contributed by atoms with Crippen LogP contribution in [0.25, 0.3) is 0 Å². The molecule has 0 spiro atoms. The number of rotatable bonds is 10. The van der Waals surface area contributed by atoms with Gasteiger partial charge in [0.15, 0.2) is 0 Å². The molecule has 1 N–H and O–H groups in total. The van der Waals surface area contributed by atoms with Crippen molar-refractivity contribution in [3.63, 3.8) is 0 Å². The molecule has 0 aliphatic heterocycles. The van der Waals surface area contributed by atoms with Crippen LogP contribution >= 0.6 is 0 Å². The van der Waals surface area contributed by atoms with E-state index in [2.05, 4.69) is 39.8 Å². The lowest BCUT2D eigenvalue weighted by Gasteiger charge is -2.17. The van der Waals surface area contributed by atoms with Crippen LogP contribution < -0.4 is 0 Å². The van der Waals surface area contributed by atoms with Gasteiger partial charge in [0.25, 0.3) is 0 Å². The van der Waals surface area contributed by atoms with Gasteiger partial charge in [0.2, 0.25) is 0 Å². The Morgan fingerprint density at radius 2 is 1.48 bits per heavy atom. The van der Waals surface area contributed by atoms with Gasteiger partial charge in [-0.25, -0.2) is 0 Å². The number of aromatic hydroxyl groups is 1. The summed E-state index contributed by atoms with van der Waals surface area (Å²) in [5, 5.41) is 10.6. The number of hydrogen-bond donors (Lipinski definition) is 1. The smallest absolute Gasteiger partial charge is 0.122 e. The molecule has 0 saturated heterocycles. The predicted octanol–water partition coefficient (Wildman–Crippen LogP) is 6.37. The summed E-state index contributed by atoms with van der Waals surface area (Å²) in [5.74, 6) is 0.971. The Hall–Kier alpha value is -0.980. The minimum absolute atomic E-state index is 0.393. The second kappa shape index (κ2) is 9.87. The van der Waals surface area contributed by atoms with Gasteiger partial charge < -0.3 is 5.11 Å². The van der Waals surface area contributed by atoms with Crippen molar-refractivity contribution < 1.29 is 5.11 Å². The molecule has 0 saturated carbocycles. The van der Waals surface area contributed by atoms with Crippen LogP contribution in [0, 0.1) is 0 Å². The van der Waals surface area contributed by atoms with Crippen LogP contribution in [0.4, 0.5) is 0 Å². The van der Waals surface area contributed by atoms with E-state index in [1.54, 1.807) is 0 Å². The standard InChI is InChI=1S/C20H34O/c1-5-7-9-11-12-17-14-15-18(16(3)4)20(21)19(17)13-10-8-6-2/h14-16,21H,5-13H2,1-4H3. The maximum Gasteiger partial charge on any atom is 0.122 e. The van der Waals surface area contributed by atoms with Gasteiger partial charge in [-0.1, -0.05) is 71.9 Å². The second-order valence-corrected chi connectivity index (χ2v) is 6.56. The monoisotopic (exact) mass is 290 g/mol. The number of benzene rings is 1. The fraction of sp³-hybridized carbons (Fsp3) is 0.700. The van der Waals surface area contributed by atoms with Gasteiger partial charge in [0, 0.05) is 0 Å². The van der Waals surface area contributed by atoms with E-state index in [1.165, 1.54) is 56.1 Å². The average molecular weight is 290 g/mol. The molecule has 0 aromatic heterocycles. The van der Waals surface area contributed by atoms with Crippen molar-refractivity contribution in [2.75, 3.05) is 0 Å². The molecule has 0 aliphatic rings. The molecular formula is C20H34O. The molecule has 0 atom stereocenters. The van der Waals surface area contributed by atoms with Crippen LogP contribution in [-0.4, -0.2) is 5.11 Å². The molecule has 0 radical (unpaired) electrons. The van der Waals surface area contributed by atoms with Crippen LogP contribution in [0.3, 0.4) is 0 Å². The maximum atomic E-state index is 10.6. The molecule has 1 aromatic carbocycles. The van der Waals surface area contributed by atoms with Crippen LogP contribution in [0.15, 0.2) is 12.1 Å². The molecule has 0 heterocycles. The van der Waals surface area contributed by atoms with Crippen molar-refractivity contribution in [2.45, 2.75) is 91.4 Å². The zero-order valence-corrected chi connectivity index (χ0v) is 14.5. The Morgan fingerprint density at radius 1 is 0.857 bits per heavy atom. The average Bonchev–Trinajstić information content (AvgIpc) is 2.46. The van der Waals surface area contributed by atoms with Crippen LogP contribution in [0.2, 0.25) is 0 Å². The lowest BCUT2D eigenvalue weighted by Crippen LogP contribution is -2.00. The van der Waals surface area contributed by atoms with E-state index < -0.39 is 0 Å².